The molecule has 1 aliphatic heterocycles. The van der Waals surface area contributed by atoms with Crippen LogP contribution in [0, 0.1) is 18.3 Å². The number of carbonyl (C=O) groups is 1. The van der Waals surface area contributed by atoms with Gasteiger partial charge in [0.1, 0.15) is 11.6 Å². The molecule has 2 heterocycles. The molecule has 3 aromatic carbocycles. The first-order chi connectivity index (χ1) is 18.4. The van der Waals surface area contributed by atoms with E-state index in [0.29, 0.717) is 22.4 Å². The first-order valence-electron chi connectivity index (χ1n) is 11.7. The minimum absolute atomic E-state index is 0.0514. The molecular weight excluding hydrogens is 484 g/mol. The summed E-state index contributed by atoms with van der Waals surface area (Å²) in [5, 5.41) is 17.4. The van der Waals surface area contributed by atoms with E-state index in [2.05, 4.69) is 16.3 Å². The quantitative estimate of drug-likeness (QED) is 0.279. The highest BCUT2D eigenvalue weighted by molar-refractivity contribution is 5.91. The first kappa shape index (κ1) is 24.5. The number of benzene rings is 3. The lowest BCUT2D eigenvalue weighted by Crippen LogP contribution is -2.21. The summed E-state index contributed by atoms with van der Waals surface area (Å²) in [6.07, 6.45) is 0. The Hall–Kier alpha value is -5.23. The number of nitriles is 1. The number of allylic oxidation sites excluding steroid dienone is 1. The molecular formula is C29H24N4O5. The fraction of sp³-hybridized carbons (Fsp3) is 0.138. The number of H-pyrrole nitrogens is 1. The van der Waals surface area contributed by atoms with Crippen LogP contribution in [0.25, 0.3) is 11.3 Å². The van der Waals surface area contributed by atoms with Crippen LogP contribution in [0.5, 0.6) is 23.1 Å². The van der Waals surface area contributed by atoms with E-state index in [4.69, 9.17) is 24.7 Å². The zero-order chi connectivity index (χ0) is 26.8. The molecule has 9 nitrogen and oxygen atoms in total. The molecule has 9 heteroatoms. The number of aromatic amines is 1. The predicted molar refractivity (Wildman–Crippen MR) is 139 cm³/mol. The van der Waals surface area contributed by atoms with Gasteiger partial charge in [0.15, 0.2) is 11.5 Å². The van der Waals surface area contributed by atoms with Crippen molar-refractivity contribution in [2.75, 3.05) is 14.2 Å². The number of rotatable bonds is 6. The average molecular weight is 509 g/mol. The van der Waals surface area contributed by atoms with Crippen molar-refractivity contribution < 1.29 is 23.7 Å². The van der Waals surface area contributed by atoms with Gasteiger partial charge in [0, 0.05) is 5.56 Å². The van der Waals surface area contributed by atoms with Gasteiger partial charge in [0.25, 0.3) is 0 Å². The number of ether oxygens (including phenoxy) is 4. The Balaban J connectivity index is 1.65. The largest absolute Gasteiger partial charge is 0.493 e. The molecule has 0 spiro atoms. The highest BCUT2D eigenvalue weighted by Gasteiger charge is 2.37. The third-order valence-corrected chi connectivity index (χ3v) is 6.30. The van der Waals surface area contributed by atoms with Gasteiger partial charge in [-0.15, -0.1) is 5.10 Å². The summed E-state index contributed by atoms with van der Waals surface area (Å²) in [6, 6.07) is 22.0. The predicted octanol–water partition coefficient (Wildman–Crippen LogP) is 4.84. The first-order valence-corrected chi connectivity index (χ1v) is 11.7. The summed E-state index contributed by atoms with van der Waals surface area (Å²) in [5.41, 5.74) is 10.6. The van der Waals surface area contributed by atoms with Crippen molar-refractivity contribution in [2.24, 2.45) is 5.73 Å². The average Bonchev–Trinajstić information content (AvgIpc) is 3.36. The molecule has 0 radical (unpaired) electrons. The third kappa shape index (κ3) is 4.29. The molecule has 1 atom stereocenters. The number of fused-ring (bicyclic) bond motifs is 1. The van der Waals surface area contributed by atoms with Gasteiger partial charge >= 0.3 is 5.97 Å². The molecule has 0 bridgehead atoms. The number of aryl methyl sites for hydroxylation is 1. The van der Waals surface area contributed by atoms with Gasteiger partial charge in [0.2, 0.25) is 17.5 Å². The number of aromatic nitrogens is 2. The normalized spacial score (nSPS) is 14.2. The van der Waals surface area contributed by atoms with Crippen LogP contribution in [-0.2, 0) is 0 Å². The second-order valence-electron chi connectivity index (χ2n) is 8.62. The molecule has 190 valence electrons. The Morgan fingerprint density at radius 3 is 2.32 bits per heavy atom. The SMILES string of the molecule is COc1cc([C@@H]2C(C#N)=C(N)Oc3n[nH]c(-c4ccc(C)cc4)c32)cc(OC)c1OC(=O)c1ccccc1. The molecule has 0 unspecified atom stereocenters. The van der Waals surface area contributed by atoms with Crippen molar-refractivity contribution in [3.05, 3.63) is 100 Å². The maximum absolute atomic E-state index is 12.8. The Labute approximate surface area is 219 Å². The van der Waals surface area contributed by atoms with Crippen molar-refractivity contribution >= 4 is 5.97 Å². The summed E-state index contributed by atoms with van der Waals surface area (Å²) < 4.78 is 22.6. The molecule has 3 N–H and O–H groups in total. The Kier molecular flexibility index (Phi) is 6.46. The fourth-order valence-corrected chi connectivity index (χ4v) is 4.41. The van der Waals surface area contributed by atoms with E-state index >= 15 is 0 Å². The molecule has 38 heavy (non-hydrogen) atoms. The summed E-state index contributed by atoms with van der Waals surface area (Å²) in [4.78, 5) is 12.8. The molecule has 1 aliphatic rings. The van der Waals surface area contributed by atoms with Crippen molar-refractivity contribution in [1.29, 1.82) is 5.26 Å². The number of carbonyl (C=O) groups excluding carboxylic acids is 1. The molecule has 0 aliphatic carbocycles. The van der Waals surface area contributed by atoms with Gasteiger partial charge in [-0.3, -0.25) is 5.10 Å². The smallest absolute Gasteiger partial charge is 0.343 e. The Morgan fingerprint density at radius 1 is 1.05 bits per heavy atom. The molecule has 4 aromatic rings. The lowest BCUT2D eigenvalue weighted by molar-refractivity contribution is 0.0724. The lowest BCUT2D eigenvalue weighted by atomic mass is 9.82. The van der Waals surface area contributed by atoms with Gasteiger partial charge in [-0.25, -0.2) is 4.79 Å². The monoisotopic (exact) mass is 508 g/mol. The number of methoxy groups -OCH3 is 2. The van der Waals surface area contributed by atoms with Crippen molar-refractivity contribution in [3.63, 3.8) is 0 Å². The zero-order valence-corrected chi connectivity index (χ0v) is 20.9. The van der Waals surface area contributed by atoms with E-state index < -0.39 is 11.9 Å². The van der Waals surface area contributed by atoms with Crippen LogP contribution in [0.4, 0.5) is 0 Å². The van der Waals surface area contributed by atoms with E-state index in [-0.39, 0.29) is 34.6 Å². The van der Waals surface area contributed by atoms with Gasteiger partial charge in [-0.1, -0.05) is 48.0 Å². The van der Waals surface area contributed by atoms with Crippen LogP contribution < -0.4 is 24.7 Å². The van der Waals surface area contributed by atoms with Crippen LogP contribution in [-0.4, -0.2) is 30.4 Å². The lowest BCUT2D eigenvalue weighted by Gasteiger charge is -2.25. The number of esters is 1. The van der Waals surface area contributed by atoms with E-state index in [1.807, 2.05) is 37.3 Å². The van der Waals surface area contributed by atoms with E-state index in [1.54, 1.807) is 36.4 Å². The summed E-state index contributed by atoms with van der Waals surface area (Å²) in [5.74, 6) is -0.423. The minimum atomic E-state index is -0.666. The summed E-state index contributed by atoms with van der Waals surface area (Å²) >= 11 is 0. The molecule has 0 fully saturated rings. The van der Waals surface area contributed by atoms with E-state index in [9.17, 15) is 10.1 Å². The van der Waals surface area contributed by atoms with Gasteiger partial charge in [-0.2, -0.15) is 5.26 Å². The maximum Gasteiger partial charge on any atom is 0.343 e. The van der Waals surface area contributed by atoms with Crippen LogP contribution in [0.1, 0.15) is 33.0 Å². The van der Waals surface area contributed by atoms with Gasteiger partial charge < -0.3 is 24.7 Å². The van der Waals surface area contributed by atoms with Crippen molar-refractivity contribution in [1.82, 2.24) is 10.2 Å². The molecule has 5 rings (SSSR count). The second-order valence-corrected chi connectivity index (χ2v) is 8.62. The molecule has 1 aromatic heterocycles. The fourth-order valence-electron chi connectivity index (χ4n) is 4.41. The number of nitrogens with two attached hydrogens (primary N) is 1. The van der Waals surface area contributed by atoms with E-state index in [1.165, 1.54) is 14.2 Å². The van der Waals surface area contributed by atoms with Crippen LogP contribution in [0.2, 0.25) is 0 Å². The molecule has 0 saturated carbocycles. The minimum Gasteiger partial charge on any atom is -0.493 e. The highest BCUT2D eigenvalue weighted by atomic mass is 16.6. The van der Waals surface area contributed by atoms with Crippen molar-refractivity contribution in [3.8, 4) is 40.5 Å². The third-order valence-electron chi connectivity index (χ3n) is 6.30. The number of nitrogens with zero attached hydrogens (tertiary/aromatic N) is 2. The van der Waals surface area contributed by atoms with Crippen molar-refractivity contribution in [2.45, 2.75) is 12.8 Å². The van der Waals surface area contributed by atoms with Crippen LogP contribution in [0.3, 0.4) is 0 Å². The Bertz CT molecular complexity index is 1560. The summed E-state index contributed by atoms with van der Waals surface area (Å²) in [6.45, 7) is 2.00. The van der Waals surface area contributed by atoms with Gasteiger partial charge in [-0.05, 0) is 36.8 Å². The van der Waals surface area contributed by atoms with Gasteiger partial charge in [0.05, 0.1) is 37.0 Å². The number of nitrogens with one attached hydrogen (secondary N) is 1. The molecule has 0 amide bonds. The maximum atomic E-state index is 12.8. The topological polar surface area (TPSA) is 132 Å². The van der Waals surface area contributed by atoms with Crippen LogP contribution >= 0.6 is 0 Å². The van der Waals surface area contributed by atoms with Crippen LogP contribution in [0.15, 0.2) is 78.2 Å². The number of hydrogen-bond acceptors (Lipinski definition) is 8. The highest BCUT2D eigenvalue weighted by Crippen LogP contribution is 2.49. The zero-order valence-electron chi connectivity index (χ0n) is 20.9. The molecule has 0 saturated heterocycles. The Morgan fingerprint density at radius 2 is 1.71 bits per heavy atom. The summed E-state index contributed by atoms with van der Waals surface area (Å²) in [7, 11) is 2.91. The second kappa shape index (κ2) is 10.0. The van der Waals surface area contributed by atoms with E-state index in [0.717, 1.165) is 11.1 Å². The standard InChI is InChI=1S/C29H24N4O5/c1-16-9-11-17(12-10-16)25-24-23(20(15-30)27(31)38-28(24)33-32-25)19-13-21(35-2)26(22(14-19)36-3)37-29(34)18-7-5-4-6-8-18/h4-14,23H,31H2,1-3H3,(H,32,33)/t23-/m1/s1. The number of hydrogen-bond donors (Lipinski definition) is 2.